The maximum absolute atomic E-state index is 10.8. The molecule has 2 aliphatic heterocycles. The Labute approximate surface area is 102 Å². The van der Waals surface area contributed by atoms with E-state index < -0.39 is 12.6 Å². The standard InChI is InChI=1S/C11H12O5S/c12-6-7-5-8(10-13-1-2-14-10)9(17-7)11-15-3-4-16-11/h5-6,10-11H,1-4H2. The van der Waals surface area contributed by atoms with Gasteiger partial charge in [0.2, 0.25) is 0 Å². The molecule has 0 N–H and O–H groups in total. The van der Waals surface area contributed by atoms with Crippen molar-refractivity contribution in [1.82, 2.24) is 0 Å². The largest absolute Gasteiger partial charge is 0.346 e. The number of rotatable bonds is 3. The molecule has 3 rings (SSSR count). The van der Waals surface area contributed by atoms with Gasteiger partial charge in [0, 0.05) is 5.56 Å². The molecule has 92 valence electrons. The summed E-state index contributed by atoms with van der Waals surface area (Å²) >= 11 is 1.37. The molecule has 17 heavy (non-hydrogen) atoms. The highest BCUT2D eigenvalue weighted by atomic mass is 32.1. The van der Waals surface area contributed by atoms with Crippen LogP contribution in [0, 0.1) is 0 Å². The van der Waals surface area contributed by atoms with Crippen molar-refractivity contribution in [2.45, 2.75) is 12.6 Å². The Kier molecular flexibility index (Phi) is 3.21. The summed E-state index contributed by atoms with van der Waals surface area (Å²) in [4.78, 5) is 12.4. The zero-order valence-corrected chi connectivity index (χ0v) is 9.90. The number of ether oxygens (including phenoxy) is 4. The van der Waals surface area contributed by atoms with Gasteiger partial charge in [-0.25, -0.2) is 0 Å². The fraction of sp³-hybridized carbons (Fsp3) is 0.545. The maximum Gasteiger partial charge on any atom is 0.193 e. The van der Waals surface area contributed by atoms with Crippen LogP contribution in [-0.4, -0.2) is 32.7 Å². The monoisotopic (exact) mass is 256 g/mol. The van der Waals surface area contributed by atoms with Crippen LogP contribution in [0.2, 0.25) is 0 Å². The predicted octanol–water partition coefficient (Wildman–Crippen LogP) is 1.65. The summed E-state index contributed by atoms with van der Waals surface area (Å²) in [5.41, 5.74) is 0.849. The second kappa shape index (κ2) is 4.83. The number of carbonyl (C=O) groups excluding carboxylic acids is 1. The van der Waals surface area contributed by atoms with E-state index >= 15 is 0 Å². The van der Waals surface area contributed by atoms with Crippen LogP contribution in [0.5, 0.6) is 0 Å². The highest BCUT2D eigenvalue weighted by Crippen LogP contribution is 2.38. The van der Waals surface area contributed by atoms with Crippen molar-refractivity contribution in [3.63, 3.8) is 0 Å². The smallest absolute Gasteiger partial charge is 0.193 e. The molecule has 2 saturated heterocycles. The Hall–Kier alpha value is -0.790. The van der Waals surface area contributed by atoms with Crippen LogP contribution < -0.4 is 0 Å². The second-order valence-electron chi connectivity index (χ2n) is 3.73. The van der Waals surface area contributed by atoms with Gasteiger partial charge in [0.05, 0.1) is 36.2 Å². The second-order valence-corrected chi connectivity index (χ2v) is 4.85. The van der Waals surface area contributed by atoms with E-state index in [2.05, 4.69) is 0 Å². The van der Waals surface area contributed by atoms with Gasteiger partial charge in [-0.2, -0.15) is 0 Å². The summed E-state index contributed by atoms with van der Waals surface area (Å²) < 4.78 is 21.8. The molecular formula is C11H12O5S. The topological polar surface area (TPSA) is 54.0 Å². The Morgan fingerprint density at radius 1 is 1.06 bits per heavy atom. The van der Waals surface area contributed by atoms with Gasteiger partial charge in [0.15, 0.2) is 18.9 Å². The van der Waals surface area contributed by atoms with E-state index in [4.69, 9.17) is 18.9 Å². The van der Waals surface area contributed by atoms with Gasteiger partial charge in [-0.3, -0.25) is 4.79 Å². The van der Waals surface area contributed by atoms with Crippen molar-refractivity contribution >= 4 is 17.6 Å². The lowest BCUT2D eigenvalue weighted by molar-refractivity contribution is -0.0613. The van der Waals surface area contributed by atoms with E-state index in [1.165, 1.54) is 11.3 Å². The van der Waals surface area contributed by atoms with Gasteiger partial charge >= 0.3 is 0 Å². The summed E-state index contributed by atoms with van der Waals surface area (Å²) in [7, 11) is 0. The van der Waals surface area contributed by atoms with Crippen LogP contribution in [0.4, 0.5) is 0 Å². The maximum atomic E-state index is 10.8. The van der Waals surface area contributed by atoms with Gasteiger partial charge in [-0.05, 0) is 6.07 Å². The molecule has 0 atom stereocenters. The third-order valence-electron chi connectivity index (χ3n) is 2.64. The normalized spacial score (nSPS) is 22.4. The predicted molar refractivity (Wildman–Crippen MR) is 59.0 cm³/mol. The van der Waals surface area contributed by atoms with Crippen LogP contribution >= 0.6 is 11.3 Å². The molecule has 0 bridgehead atoms. The van der Waals surface area contributed by atoms with Crippen LogP contribution in [0.25, 0.3) is 0 Å². The minimum Gasteiger partial charge on any atom is -0.346 e. The molecule has 0 saturated carbocycles. The van der Waals surface area contributed by atoms with Crippen molar-refractivity contribution in [2.24, 2.45) is 0 Å². The third kappa shape index (κ3) is 2.14. The molecule has 0 amide bonds. The van der Waals surface area contributed by atoms with E-state index in [1.54, 1.807) is 6.07 Å². The number of thiophene rings is 1. The number of aldehydes is 1. The van der Waals surface area contributed by atoms with Crippen LogP contribution in [0.1, 0.15) is 32.7 Å². The van der Waals surface area contributed by atoms with Gasteiger partial charge in [-0.1, -0.05) is 0 Å². The van der Waals surface area contributed by atoms with Crippen molar-refractivity contribution in [2.75, 3.05) is 26.4 Å². The fourth-order valence-electron chi connectivity index (χ4n) is 1.91. The Bertz CT molecular complexity index is 370. The van der Waals surface area contributed by atoms with Crippen LogP contribution in [0.3, 0.4) is 0 Å². The molecular weight excluding hydrogens is 244 g/mol. The molecule has 1 aromatic rings. The highest BCUT2D eigenvalue weighted by Gasteiger charge is 2.30. The molecule has 5 nitrogen and oxygen atoms in total. The Morgan fingerprint density at radius 2 is 1.65 bits per heavy atom. The summed E-state index contributed by atoms with van der Waals surface area (Å²) in [6.45, 7) is 2.29. The van der Waals surface area contributed by atoms with Crippen molar-refractivity contribution in [3.8, 4) is 0 Å². The number of hydrogen-bond acceptors (Lipinski definition) is 6. The lowest BCUT2D eigenvalue weighted by Gasteiger charge is -2.13. The molecule has 3 heterocycles. The van der Waals surface area contributed by atoms with E-state index in [9.17, 15) is 4.79 Å². The molecule has 2 fully saturated rings. The lowest BCUT2D eigenvalue weighted by Crippen LogP contribution is -2.04. The summed E-state index contributed by atoms with van der Waals surface area (Å²) in [5, 5.41) is 0. The SMILES string of the molecule is O=Cc1cc(C2OCCO2)c(C2OCCO2)s1. The molecule has 0 spiro atoms. The van der Waals surface area contributed by atoms with Crippen molar-refractivity contribution in [3.05, 3.63) is 21.4 Å². The quantitative estimate of drug-likeness (QED) is 0.770. The summed E-state index contributed by atoms with van der Waals surface area (Å²) in [6.07, 6.45) is 0.0286. The molecule has 0 unspecified atom stereocenters. The molecule has 0 aromatic carbocycles. The van der Waals surface area contributed by atoms with Gasteiger partial charge in [0.1, 0.15) is 0 Å². The average Bonchev–Trinajstić information content (AvgIpc) is 3.09. The van der Waals surface area contributed by atoms with E-state index in [0.29, 0.717) is 31.3 Å². The zero-order valence-electron chi connectivity index (χ0n) is 9.09. The third-order valence-corrected chi connectivity index (χ3v) is 3.74. The fourth-order valence-corrected chi connectivity index (χ4v) is 2.91. The zero-order chi connectivity index (χ0) is 11.7. The molecule has 2 aliphatic rings. The first kappa shape index (κ1) is 11.3. The summed E-state index contributed by atoms with van der Waals surface area (Å²) in [5.74, 6) is 0. The first-order valence-electron chi connectivity index (χ1n) is 5.43. The Morgan fingerprint density at radius 3 is 2.24 bits per heavy atom. The van der Waals surface area contributed by atoms with E-state index in [0.717, 1.165) is 16.7 Å². The highest BCUT2D eigenvalue weighted by molar-refractivity contribution is 7.13. The van der Waals surface area contributed by atoms with Crippen LogP contribution in [0.15, 0.2) is 6.07 Å². The van der Waals surface area contributed by atoms with Gasteiger partial charge in [-0.15, -0.1) is 11.3 Å². The Balaban J connectivity index is 1.93. The molecule has 0 radical (unpaired) electrons. The number of carbonyl (C=O) groups is 1. The average molecular weight is 256 g/mol. The van der Waals surface area contributed by atoms with E-state index in [-0.39, 0.29) is 0 Å². The van der Waals surface area contributed by atoms with Crippen molar-refractivity contribution < 1.29 is 23.7 Å². The number of hydrogen-bond donors (Lipinski definition) is 0. The minimum atomic E-state index is -0.400. The van der Waals surface area contributed by atoms with Gasteiger partial charge < -0.3 is 18.9 Å². The molecule has 1 aromatic heterocycles. The first-order chi connectivity index (χ1) is 8.38. The van der Waals surface area contributed by atoms with E-state index in [1.807, 2.05) is 0 Å². The molecule has 6 heteroatoms. The first-order valence-corrected chi connectivity index (χ1v) is 6.25. The van der Waals surface area contributed by atoms with Crippen LogP contribution in [-0.2, 0) is 18.9 Å². The lowest BCUT2D eigenvalue weighted by atomic mass is 10.2. The summed E-state index contributed by atoms with van der Waals surface area (Å²) in [6, 6.07) is 1.79. The van der Waals surface area contributed by atoms with Crippen molar-refractivity contribution in [1.29, 1.82) is 0 Å². The van der Waals surface area contributed by atoms with Gasteiger partial charge in [0.25, 0.3) is 0 Å². The minimum absolute atomic E-state index is 0.392. The molecule has 0 aliphatic carbocycles.